The molecule has 106 valence electrons. The summed E-state index contributed by atoms with van der Waals surface area (Å²) >= 11 is 0. The molecule has 0 aliphatic heterocycles. The molecule has 1 aromatic carbocycles. The summed E-state index contributed by atoms with van der Waals surface area (Å²) in [6.45, 7) is 1.53. The highest BCUT2D eigenvalue weighted by molar-refractivity contribution is 7.92. The van der Waals surface area contributed by atoms with Crippen LogP contribution in [-0.4, -0.2) is 40.8 Å². The van der Waals surface area contributed by atoms with E-state index >= 15 is 0 Å². The maximum atomic E-state index is 11.9. The SMILES string of the molecule is CNC(=O)[C@@H](C)N(c1cccc(OC)c1)S(C)(=O)=O. The predicted molar refractivity (Wildman–Crippen MR) is 73.8 cm³/mol. The van der Waals surface area contributed by atoms with Gasteiger partial charge in [0.25, 0.3) is 0 Å². The Bertz CT molecular complexity index is 557. The predicted octanol–water partition coefficient (Wildman–Crippen LogP) is 0.596. The molecule has 0 saturated heterocycles. The minimum Gasteiger partial charge on any atom is -0.497 e. The normalized spacial score (nSPS) is 12.6. The number of hydrogen-bond donors (Lipinski definition) is 1. The third kappa shape index (κ3) is 3.60. The molecule has 7 heteroatoms. The summed E-state index contributed by atoms with van der Waals surface area (Å²) < 4.78 is 29.9. The number of sulfonamides is 1. The Kier molecular flexibility index (Phi) is 4.77. The van der Waals surface area contributed by atoms with E-state index in [0.29, 0.717) is 11.4 Å². The molecule has 0 radical (unpaired) electrons. The van der Waals surface area contributed by atoms with Gasteiger partial charge in [-0.05, 0) is 19.1 Å². The van der Waals surface area contributed by atoms with Crippen molar-refractivity contribution in [3.05, 3.63) is 24.3 Å². The molecule has 0 aromatic heterocycles. The number of benzene rings is 1. The van der Waals surface area contributed by atoms with Gasteiger partial charge in [-0.2, -0.15) is 0 Å². The van der Waals surface area contributed by atoms with Crippen molar-refractivity contribution in [1.29, 1.82) is 0 Å². The number of hydrogen-bond acceptors (Lipinski definition) is 4. The lowest BCUT2D eigenvalue weighted by Crippen LogP contribution is -2.46. The molecule has 0 aliphatic rings. The average molecular weight is 286 g/mol. The summed E-state index contributed by atoms with van der Waals surface area (Å²) in [6.07, 6.45) is 1.06. The number of carbonyl (C=O) groups excluding carboxylic acids is 1. The van der Waals surface area contributed by atoms with Gasteiger partial charge in [-0.25, -0.2) is 8.42 Å². The number of carbonyl (C=O) groups is 1. The Morgan fingerprint density at radius 1 is 1.42 bits per heavy atom. The van der Waals surface area contributed by atoms with Crippen LogP contribution in [0.5, 0.6) is 5.75 Å². The first-order valence-electron chi connectivity index (χ1n) is 5.66. The molecular formula is C12H18N2O4S. The van der Waals surface area contributed by atoms with Crippen LogP contribution >= 0.6 is 0 Å². The van der Waals surface area contributed by atoms with Gasteiger partial charge in [0.2, 0.25) is 15.9 Å². The van der Waals surface area contributed by atoms with Gasteiger partial charge in [0, 0.05) is 13.1 Å². The van der Waals surface area contributed by atoms with Gasteiger partial charge >= 0.3 is 0 Å². The van der Waals surface area contributed by atoms with Crippen LogP contribution in [0.3, 0.4) is 0 Å². The van der Waals surface area contributed by atoms with E-state index in [2.05, 4.69) is 5.32 Å². The standard InChI is InChI=1S/C12H18N2O4S/c1-9(12(15)13-2)14(19(4,16)17)10-6-5-7-11(8-10)18-3/h5-9H,1-4H3,(H,13,15)/t9-/m1/s1. The first kappa shape index (κ1) is 15.3. The smallest absolute Gasteiger partial charge is 0.243 e. The van der Waals surface area contributed by atoms with E-state index in [1.165, 1.54) is 21.1 Å². The zero-order chi connectivity index (χ0) is 14.6. The number of amides is 1. The Labute approximate surface area is 113 Å². The van der Waals surface area contributed by atoms with Crippen molar-refractivity contribution in [3.8, 4) is 5.75 Å². The van der Waals surface area contributed by atoms with Crippen LogP contribution in [0, 0.1) is 0 Å². The first-order chi connectivity index (χ1) is 8.81. The molecule has 0 unspecified atom stereocenters. The highest BCUT2D eigenvalue weighted by Gasteiger charge is 2.28. The molecule has 1 rings (SSSR count). The zero-order valence-electron chi connectivity index (χ0n) is 11.4. The topological polar surface area (TPSA) is 75.7 Å². The molecule has 1 N–H and O–H groups in total. The molecule has 0 fully saturated rings. The van der Waals surface area contributed by atoms with Gasteiger partial charge < -0.3 is 10.1 Å². The highest BCUT2D eigenvalue weighted by atomic mass is 32.2. The fraction of sp³-hybridized carbons (Fsp3) is 0.417. The molecule has 0 aliphatic carbocycles. The van der Waals surface area contributed by atoms with E-state index in [1.54, 1.807) is 24.3 Å². The lowest BCUT2D eigenvalue weighted by atomic mass is 10.2. The van der Waals surface area contributed by atoms with E-state index in [1.807, 2.05) is 0 Å². The Morgan fingerprint density at radius 3 is 2.53 bits per heavy atom. The summed E-state index contributed by atoms with van der Waals surface area (Å²) in [4.78, 5) is 11.7. The quantitative estimate of drug-likeness (QED) is 0.860. The van der Waals surface area contributed by atoms with Crippen LogP contribution in [0.15, 0.2) is 24.3 Å². The number of rotatable bonds is 5. The largest absolute Gasteiger partial charge is 0.497 e. The number of anilines is 1. The Balaban J connectivity index is 3.28. The average Bonchev–Trinajstić information content (AvgIpc) is 2.36. The molecule has 1 aromatic rings. The molecule has 0 spiro atoms. The van der Waals surface area contributed by atoms with E-state index in [4.69, 9.17) is 4.74 Å². The molecular weight excluding hydrogens is 268 g/mol. The summed E-state index contributed by atoms with van der Waals surface area (Å²) in [6, 6.07) is 5.72. The fourth-order valence-corrected chi connectivity index (χ4v) is 2.93. The van der Waals surface area contributed by atoms with Gasteiger partial charge in [-0.15, -0.1) is 0 Å². The molecule has 6 nitrogen and oxygen atoms in total. The van der Waals surface area contributed by atoms with Crippen LogP contribution in [0.4, 0.5) is 5.69 Å². The molecule has 0 bridgehead atoms. The van der Waals surface area contributed by atoms with Crippen LogP contribution in [0.1, 0.15) is 6.92 Å². The highest BCUT2D eigenvalue weighted by Crippen LogP contribution is 2.25. The molecule has 19 heavy (non-hydrogen) atoms. The van der Waals surface area contributed by atoms with Crippen molar-refractivity contribution in [2.75, 3.05) is 24.7 Å². The van der Waals surface area contributed by atoms with Crippen molar-refractivity contribution in [2.24, 2.45) is 0 Å². The summed E-state index contributed by atoms with van der Waals surface area (Å²) in [5, 5.41) is 2.44. The van der Waals surface area contributed by atoms with Crippen molar-refractivity contribution >= 4 is 21.6 Å². The van der Waals surface area contributed by atoms with Crippen molar-refractivity contribution in [2.45, 2.75) is 13.0 Å². The van der Waals surface area contributed by atoms with Gasteiger partial charge in [0.1, 0.15) is 11.8 Å². The number of nitrogens with one attached hydrogen (secondary N) is 1. The van der Waals surface area contributed by atoms with Gasteiger partial charge in [-0.3, -0.25) is 9.10 Å². The second-order valence-electron chi connectivity index (χ2n) is 4.05. The van der Waals surface area contributed by atoms with E-state index < -0.39 is 16.1 Å². The second kappa shape index (κ2) is 5.92. The molecule has 1 atom stereocenters. The maximum Gasteiger partial charge on any atom is 0.243 e. The van der Waals surface area contributed by atoms with Crippen LogP contribution in [0.2, 0.25) is 0 Å². The third-order valence-electron chi connectivity index (χ3n) is 2.64. The monoisotopic (exact) mass is 286 g/mol. The van der Waals surface area contributed by atoms with Crippen LogP contribution in [0.25, 0.3) is 0 Å². The van der Waals surface area contributed by atoms with Gasteiger partial charge in [-0.1, -0.05) is 6.07 Å². The first-order valence-corrected chi connectivity index (χ1v) is 7.51. The van der Waals surface area contributed by atoms with Gasteiger partial charge in [0.15, 0.2) is 0 Å². The van der Waals surface area contributed by atoms with Crippen molar-refractivity contribution in [1.82, 2.24) is 5.32 Å². The molecule has 0 heterocycles. The van der Waals surface area contributed by atoms with Crippen molar-refractivity contribution in [3.63, 3.8) is 0 Å². The number of ether oxygens (including phenoxy) is 1. The van der Waals surface area contributed by atoms with E-state index in [0.717, 1.165) is 10.6 Å². The minimum atomic E-state index is -3.58. The van der Waals surface area contributed by atoms with E-state index in [9.17, 15) is 13.2 Å². The summed E-state index contributed by atoms with van der Waals surface area (Å²) in [7, 11) is -0.625. The lowest BCUT2D eigenvalue weighted by Gasteiger charge is -2.27. The third-order valence-corrected chi connectivity index (χ3v) is 3.88. The van der Waals surface area contributed by atoms with Crippen LogP contribution in [-0.2, 0) is 14.8 Å². The minimum absolute atomic E-state index is 0.381. The van der Waals surface area contributed by atoms with Crippen molar-refractivity contribution < 1.29 is 17.9 Å². The zero-order valence-corrected chi connectivity index (χ0v) is 12.2. The number of likely N-dealkylation sites (N-methyl/N-ethyl adjacent to an activating group) is 1. The maximum absolute atomic E-state index is 11.9. The van der Waals surface area contributed by atoms with Gasteiger partial charge in [0.05, 0.1) is 19.1 Å². The van der Waals surface area contributed by atoms with E-state index in [-0.39, 0.29) is 5.91 Å². The molecule has 0 saturated carbocycles. The number of methoxy groups -OCH3 is 1. The number of nitrogens with zero attached hydrogens (tertiary/aromatic N) is 1. The Hall–Kier alpha value is -1.76. The molecule has 1 amide bonds. The summed E-state index contributed by atoms with van der Waals surface area (Å²) in [5.74, 6) is 0.142. The lowest BCUT2D eigenvalue weighted by molar-refractivity contribution is -0.121. The second-order valence-corrected chi connectivity index (χ2v) is 5.91. The fourth-order valence-electron chi connectivity index (χ4n) is 1.77. The Morgan fingerprint density at radius 2 is 2.05 bits per heavy atom. The summed E-state index contributed by atoms with van der Waals surface area (Å²) in [5.41, 5.74) is 0.387. The van der Waals surface area contributed by atoms with Crippen LogP contribution < -0.4 is 14.4 Å².